The van der Waals surface area contributed by atoms with Gasteiger partial charge in [0.25, 0.3) is 0 Å². The van der Waals surface area contributed by atoms with Crippen LogP contribution in [0.1, 0.15) is 11.1 Å². The van der Waals surface area contributed by atoms with E-state index in [0.717, 1.165) is 33.3 Å². The van der Waals surface area contributed by atoms with E-state index in [1.807, 2.05) is 18.2 Å². The summed E-state index contributed by atoms with van der Waals surface area (Å²) in [6.45, 7) is 0.550. The summed E-state index contributed by atoms with van der Waals surface area (Å²) in [6.07, 6.45) is 0.436. The number of nitriles is 1. The van der Waals surface area contributed by atoms with E-state index in [-0.39, 0.29) is 0 Å². The van der Waals surface area contributed by atoms with Gasteiger partial charge in [0.05, 0.1) is 12.5 Å². The van der Waals surface area contributed by atoms with Crippen LogP contribution in [0.3, 0.4) is 0 Å². The van der Waals surface area contributed by atoms with E-state index in [1.54, 1.807) is 0 Å². The predicted octanol–water partition coefficient (Wildman–Crippen LogP) is 3.36. The Morgan fingerprint density at radius 3 is 2.75 bits per heavy atom. The fourth-order valence-electron chi connectivity index (χ4n) is 2.40. The third-order valence-electron chi connectivity index (χ3n) is 3.44. The summed E-state index contributed by atoms with van der Waals surface area (Å²) >= 11 is 0. The second kappa shape index (κ2) is 5.20. The summed E-state index contributed by atoms with van der Waals surface area (Å²) in [7, 11) is 0. The summed E-state index contributed by atoms with van der Waals surface area (Å²) < 4.78 is 0. The summed E-state index contributed by atoms with van der Waals surface area (Å²) in [4.78, 5) is 3.41. The predicted molar refractivity (Wildman–Crippen MR) is 80.9 cm³/mol. The van der Waals surface area contributed by atoms with Gasteiger partial charge in [-0.3, -0.25) is 0 Å². The van der Waals surface area contributed by atoms with Crippen molar-refractivity contribution in [1.29, 1.82) is 5.26 Å². The number of nitrogens with one attached hydrogen (secondary N) is 1. The van der Waals surface area contributed by atoms with E-state index in [0.29, 0.717) is 13.0 Å². The Kier molecular flexibility index (Phi) is 3.24. The Bertz CT molecular complexity index is 793. The van der Waals surface area contributed by atoms with Crippen molar-refractivity contribution in [3.63, 3.8) is 0 Å². The van der Waals surface area contributed by atoms with E-state index >= 15 is 0 Å². The van der Waals surface area contributed by atoms with Gasteiger partial charge in [0.2, 0.25) is 0 Å². The highest BCUT2D eigenvalue weighted by Crippen LogP contribution is 2.25. The van der Waals surface area contributed by atoms with Gasteiger partial charge in [-0.2, -0.15) is 5.26 Å². The summed E-state index contributed by atoms with van der Waals surface area (Å²) in [5.41, 5.74) is 11.1. The minimum absolute atomic E-state index is 0.436. The number of aromatic nitrogens is 1. The molecule has 1 aromatic heterocycles. The lowest BCUT2D eigenvalue weighted by Gasteiger charge is -2.00. The second-order valence-electron chi connectivity index (χ2n) is 4.84. The number of hydrogen-bond donors (Lipinski definition) is 2. The fraction of sp³-hybridized carbons (Fsp3) is 0.118. The van der Waals surface area contributed by atoms with Gasteiger partial charge in [-0.25, -0.2) is 0 Å². The first-order valence-electron chi connectivity index (χ1n) is 6.58. The second-order valence-corrected chi connectivity index (χ2v) is 4.84. The molecule has 98 valence electrons. The molecule has 3 nitrogen and oxygen atoms in total. The lowest BCUT2D eigenvalue weighted by atomic mass is 10.1. The number of H-pyrrole nitrogens is 1. The maximum Gasteiger partial charge on any atom is 0.0669 e. The van der Waals surface area contributed by atoms with Crippen LogP contribution in [0.4, 0.5) is 0 Å². The van der Waals surface area contributed by atoms with E-state index in [9.17, 15) is 0 Å². The molecular formula is C17H15N3. The average Bonchev–Trinajstić information content (AvgIpc) is 2.90. The van der Waals surface area contributed by atoms with Crippen LogP contribution in [0.15, 0.2) is 48.5 Å². The highest BCUT2D eigenvalue weighted by molar-refractivity contribution is 5.86. The topological polar surface area (TPSA) is 65.6 Å². The Balaban J connectivity index is 2.05. The minimum atomic E-state index is 0.436. The molecule has 0 spiro atoms. The molecule has 0 unspecified atom stereocenters. The molecular weight excluding hydrogens is 246 g/mol. The van der Waals surface area contributed by atoms with Gasteiger partial charge in [0, 0.05) is 23.1 Å². The molecule has 0 saturated heterocycles. The third kappa shape index (κ3) is 2.29. The Hall–Kier alpha value is -2.57. The summed E-state index contributed by atoms with van der Waals surface area (Å²) in [6, 6.07) is 18.6. The van der Waals surface area contributed by atoms with Gasteiger partial charge >= 0.3 is 0 Å². The smallest absolute Gasteiger partial charge is 0.0669 e. The van der Waals surface area contributed by atoms with Gasteiger partial charge in [-0.1, -0.05) is 24.3 Å². The van der Waals surface area contributed by atoms with Crippen LogP contribution < -0.4 is 5.73 Å². The van der Waals surface area contributed by atoms with Crippen molar-refractivity contribution in [3.8, 4) is 17.3 Å². The molecule has 3 aromatic rings. The summed E-state index contributed by atoms with van der Waals surface area (Å²) in [5, 5.41) is 9.94. The van der Waals surface area contributed by atoms with Crippen LogP contribution in [0.2, 0.25) is 0 Å². The third-order valence-corrected chi connectivity index (χ3v) is 3.44. The standard InChI is InChI=1S/C17H15N3/c18-7-6-12-2-1-3-14(8-12)17-10-15-9-13(11-19)4-5-16(15)20-17/h1-5,8-10,20H,6,11,19H2. The summed E-state index contributed by atoms with van der Waals surface area (Å²) in [5.74, 6) is 0. The SMILES string of the molecule is N#CCc1cccc(-c2cc3cc(CN)ccc3[nH]2)c1. The average molecular weight is 261 g/mol. The number of rotatable bonds is 3. The first kappa shape index (κ1) is 12.5. The highest BCUT2D eigenvalue weighted by Gasteiger charge is 2.05. The normalized spacial score (nSPS) is 10.6. The Morgan fingerprint density at radius 2 is 1.95 bits per heavy atom. The van der Waals surface area contributed by atoms with Crippen LogP contribution in [-0.4, -0.2) is 4.98 Å². The molecule has 3 heteroatoms. The van der Waals surface area contributed by atoms with Crippen LogP contribution in [0.5, 0.6) is 0 Å². The van der Waals surface area contributed by atoms with E-state index < -0.39 is 0 Å². The molecule has 0 aliphatic carbocycles. The molecule has 0 saturated carbocycles. The number of hydrogen-bond acceptors (Lipinski definition) is 2. The molecule has 0 fully saturated rings. The molecule has 1 heterocycles. The van der Waals surface area contributed by atoms with E-state index in [1.165, 1.54) is 0 Å². The van der Waals surface area contributed by atoms with Crippen LogP contribution in [0.25, 0.3) is 22.2 Å². The molecule has 3 N–H and O–H groups in total. The van der Waals surface area contributed by atoms with Crippen LogP contribution in [0, 0.1) is 11.3 Å². The zero-order valence-corrected chi connectivity index (χ0v) is 11.1. The molecule has 20 heavy (non-hydrogen) atoms. The van der Waals surface area contributed by atoms with Crippen LogP contribution in [-0.2, 0) is 13.0 Å². The number of aromatic amines is 1. The largest absolute Gasteiger partial charge is 0.355 e. The Morgan fingerprint density at radius 1 is 1.05 bits per heavy atom. The van der Waals surface area contributed by atoms with Crippen molar-refractivity contribution in [1.82, 2.24) is 4.98 Å². The van der Waals surface area contributed by atoms with Crippen molar-refractivity contribution in [2.24, 2.45) is 5.73 Å². The van der Waals surface area contributed by atoms with E-state index in [2.05, 4.69) is 41.4 Å². The van der Waals surface area contributed by atoms with Gasteiger partial charge in [-0.05, 0) is 41.0 Å². The molecule has 0 aliphatic heterocycles. The number of nitrogens with two attached hydrogens (primary N) is 1. The molecule has 0 bridgehead atoms. The molecule has 2 aromatic carbocycles. The highest BCUT2D eigenvalue weighted by atomic mass is 14.7. The zero-order valence-electron chi connectivity index (χ0n) is 11.1. The first-order valence-corrected chi connectivity index (χ1v) is 6.58. The van der Waals surface area contributed by atoms with Crippen molar-refractivity contribution in [2.75, 3.05) is 0 Å². The van der Waals surface area contributed by atoms with Crippen molar-refractivity contribution in [2.45, 2.75) is 13.0 Å². The molecule has 0 amide bonds. The quantitative estimate of drug-likeness (QED) is 0.759. The lowest BCUT2D eigenvalue weighted by molar-refractivity contribution is 1.08. The fourth-order valence-corrected chi connectivity index (χ4v) is 2.40. The van der Waals surface area contributed by atoms with Crippen molar-refractivity contribution >= 4 is 10.9 Å². The van der Waals surface area contributed by atoms with Gasteiger partial charge in [0.1, 0.15) is 0 Å². The zero-order chi connectivity index (χ0) is 13.9. The van der Waals surface area contributed by atoms with Gasteiger partial charge in [0.15, 0.2) is 0 Å². The maximum absolute atomic E-state index is 8.78. The number of fused-ring (bicyclic) bond motifs is 1. The first-order chi connectivity index (χ1) is 9.80. The lowest BCUT2D eigenvalue weighted by Crippen LogP contribution is -1.94. The molecule has 0 atom stereocenters. The molecule has 0 aliphatic rings. The van der Waals surface area contributed by atoms with E-state index in [4.69, 9.17) is 11.0 Å². The van der Waals surface area contributed by atoms with Crippen molar-refractivity contribution in [3.05, 3.63) is 59.7 Å². The molecule has 3 rings (SSSR count). The van der Waals surface area contributed by atoms with Gasteiger partial charge in [-0.15, -0.1) is 0 Å². The minimum Gasteiger partial charge on any atom is -0.355 e. The monoisotopic (exact) mass is 261 g/mol. The van der Waals surface area contributed by atoms with Crippen LogP contribution >= 0.6 is 0 Å². The van der Waals surface area contributed by atoms with Gasteiger partial charge < -0.3 is 10.7 Å². The number of nitrogens with zero attached hydrogens (tertiary/aromatic N) is 1. The maximum atomic E-state index is 8.78. The number of benzene rings is 2. The Labute approximate surface area is 117 Å². The molecule has 0 radical (unpaired) electrons. The van der Waals surface area contributed by atoms with Crippen molar-refractivity contribution < 1.29 is 0 Å².